The highest BCUT2D eigenvalue weighted by Crippen LogP contribution is 2.43. The second kappa shape index (κ2) is 6.84. The number of hydrogen-bond donors (Lipinski definition) is 1. The van der Waals surface area contributed by atoms with Crippen LogP contribution in [0.1, 0.15) is 47.6 Å². The summed E-state index contributed by atoms with van der Waals surface area (Å²) in [7, 11) is 1.26. The lowest BCUT2D eigenvalue weighted by atomic mass is 10.1. The van der Waals surface area contributed by atoms with E-state index in [-0.39, 0.29) is 23.0 Å². The fourth-order valence-corrected chi connectivity index (χ4v) is 3.66. The van der Waals surface area contributed by atoms with Gasteiger partial charge in [0.1, 0.15) is 17.5 Å². The Labute approximate surface area is 169 Å². The Hall–Kier alpha value is -3.40. The molecule has 3 heterocycles. The van der Waals surface area contributed by atoms with Crippen molar-refractivity contribution < 1.29 is 18.6 Å². The molecule has 0 aliphatic heterocycles. The van der Waals surface area contributed by atoms with Gasteiger partial charge in [0.25, 0.3) is 0 Å². The van der Waals surface area contributed by atoms with Crippen LogP contribution in [-0.4, -0.2) is 41.6 Å². The lowest BCUT2D eigenvalue weighted by Crippen LogP contribution is -2.13. The Bertz CT molecular complexity index is 1260. The third-order valence-corrected chi connectivity index (χ3v) is 5.39. The molecule has 1 atom stereocenters. The minimum atomic E-state index is -1.16. The molecule has 1 unspecified atom stereocenters. The Morgan fingerprint density at radius 3 is 2.73 bits per heavy atom. The number of nitrogens with zero attached hydrogens (tertiary/aromatic N) is 6. The van der Waals surface area contributed by atoms with Crippen LogP contribution in [-0.2, 0) is 0 Å². The zero-order valence-corrected chi connectivity index (χ0v) is 16.3. The van der Waals surface area contributed by atoms with E-state index in [4.69, 9.17) is 4.74 Å². The molecular weight excluding hydrogens is 394 g/mol. The highest BCUT2D eigenvalue weighted by Gasteiger charge is 2.33. The van der Waals surface area contributed by atoms with Gasteiger partial charge in [-0.3, -0.25) is 9.38 Å². The molecule has 30 heavy (non-hydrogen) atoms. The van der Waals surface area contributed by atoms with E-state index < -0.39 is 17.7 Å². The number of ether oxygens (including phenoxy) is 1. The number of hydrogen-bond acceptors (Lipinski definition) is 6. The molecule has 1 aromatic carbocycles. The van der Waals surface area contributed by atoms with Crippen LogP contribution in [0.3, 0.4) is 0 Å². The molecule has 1 aliphatic rings. The normalized spacial score (nSPS) is 15.0. The molecule has 0 bridgehead atoms. The maximum absolute atomic E-state index is 14.5. The van der Waals surface area contributed by atoms with Crippen molar-refractivity contribution >= 4 is 5.52 Å². The maximum atomic E-state index is 14.5. The molecule has 1 N–H and O–H groups in total. The number of aliphatic hydroxyl groups excluding tert-OH is 1. The smallest absolute Gasteiger partial charge is 0.167 e. The van der Waals surface area contributed by atoms with Gasteiger partial charge >= 0.3 is 0 Å². The fraction of sp³-hybridized carbons (Fsp3) is 0.300. The van der Waals surface area contributed by atoms with Gasteiger partial charge in [-0.15, -0.1) is 5.10 Å². The lowest BCUT2D eigenvalue weighted by Gasteiger charge is -2.16. The summed E-state index contributed by atoms with van der Waals surface area (Å²) in [6.45, 7) is 1.64. The molecule has 0 amide bonds. The van der Waals surface area contributed by atoms with E-state index in [1.54, 1.807) is 30.0 Å². The van der Waals surface area contributed by atoms with Gasteiger partial charge in [-0.05, 0) is 19.8 Å². The topological polar surface area (TPSA) is 90.4 Å². The van der Waals surface area contributed by atoms with E-state index in [9.17, 15) is 13.9 Å². The molecule has 0 radical (unpaired) electrons. The first-order chi connectivity index (χ1) is 14.5. The number of imidazole rings is 1. The summed E-state index contributed by atoms with van der Waals surface area (Å²) in [6, 6.07) is 1.93. The third-order valence-electron chi connectivity index (χ3n) is 5.39. The highest BCUT2D eigenvalue weighted by molar-refractivity contribution is 5.47. The minimum absolute atomic E-state index is 0.127. The van der Waals surface area contributed by atoms with Crippen LogP contribution in [0.2, 0.25) is 0 Å². The second-order valence-electron chi connectivity index (χ2n) is 7.30. The summed E-state index contributed by atoms with van der Waals surface area (Å²) in [6.07, 6.45) is 5.81. The molecule has 5 rings (SSSR count). The summed E-state index contributed by atoms with van der Waals surface area (Å²) in [5.41, 5.74) is 2.56. The van der Waals surface area contributed by atoms with Crippen LogP contribution in [0.15, 0.2) is 30.9 Å². The van der Waals surface area contributed by atoms with Gasteiger partial charge in [0, 0.05) is 18.1 Å². The SMILES string of the molecule is COc1cc(F)c(-n2nnc(C(O)c3c(C4CC4)ncc4cncn34)c2C)cc1F. The fourth-order valence-electron chi connectivity index (χ4n) is 3.66. The molecule has 8 nitrogen and oxygen atoms in total. The predicted octanol–water partition coefficient (Wildman–Crippen LogP) is 2.86. The lowest BCUT2D eigenvalue weighted by molar-refractivity contribution is 0.206. The van der Waals surface area contributed by atoms with E-state index in [0.29, 0.717) is 11.4 Å². The molecular formula is C20H18F2N6O2. The van der Waals surface area contributed by atoms with Crippen molar-refractivity contribution in [1.29, 1.82) is 0 Å². The average Bonchev–Trinajstić information content (AvgIpc) is 3.35. The quantitative estimate of drug-likeness (QED) is 0.542. The Morgan fingerprint density at radius 1 is 1.20 bits per heavy atom. The third kappa shape index (κ3) is 2.83. The van der Waals surface area contributed by atoms with E-state index in [0.717, 1.165) is 40.9 Å². The van der Waals surface area contributed by atoms with E-state index >= 15 is 0 Å². The first kappa shape index (κ1) is 18.6. The van der Waals surface area contributed by atoms with Crippen LogP contribution in [0.4, 0.5) is 8.78 Å². The van der Waals surface area contributed by atoms with Crippen molar-refractivity contribution in [1.82, 2.24) is 29.4 Å². The monoisotopic (exact) mass is 412 g/mol. The summed E-state index contributed by atoms with van der Waals surface area (Å²) < 4.78 is 36.4. The molecule has 0 saturated heterocycles. The van der Waals surface area contributed by atoms with Gasteiger partial charge in [0.15, 0.2) is 17.4 Å². The Morgan fingerprint density at radius 2 is 2.00 bits per heavy atom. The summed E-state index contributed by atoms with van der Waals surface area (Å²) in [5.74, 6) is -1.39. The Balaban J connectivity index is 1.62. The zero-order valence-electron chi connectivity index (χ0n) is 16.3. The zero-order chi connectivity index (χ0) is 21.0. The van der Waals surface area contributed by atoms with Crippen LogP contribution in [0.25, 0.3) is 11.2 Å². The number of fused-ring (bicyclic) bond motifs is 1. The van der Waals surface area contributed by atoms with Gasteiger partial charge in [-0.25, -0.2) is 18.4 Å². The molecule has 154 valence electrons. The molecule has 4 aromatic rings. The van der Waals surface area contributed by atoms with Crippen molar-refractivity contribution in [3.63, 3.8) is 0 Å². The van der Waals surface area contributed by atoms with Crippen LogP contribution in [0.5, 0.6) is 5.75 Å². The van der Waals surface area contributed by atoms with Crippen molar-refractivity contribution in [3.8, 4) is 11.4 Å². The maximum Gasteiger partial charge on any atom is 0.167 e. The molecule has 10 heteroatoms. The summed E-state index contributed by atoms with van der Waals surface area (Å²) in [5, 5.41) is 19.3. The minimum Gasteiger partial charge on any atom is -0.494 e. The number of aliphatic hydroxyl groups is 1. The van der Waals surface area contributed by atoms with Gasteiger partial charge in [0.2, 0.25) is 0 Å². The molecule has 3 aromatic heterocycles. The van der Waals surface area contributed by atoms with Crippen LogP contribution < -0.4 is 4.74 Å². The van der Waals surface area contributed by atoms with Gasteiger partial charge in [0.05, 0.1) is 48.4 Å². The van der Waals surface area contributed by atoms with Gasteiger partial charge in [-0.1, -0.05) is 5.21 Å². The first-order valence-electron chi connectivity index (χ1n) is 9.44. The van der Waals surface area contributed by atoms with Crippen molar-refractivity contribution in [2.45, 2.75) is 31.8 Å². The van der Waals surface area contributed by atoms with E-state index in [1.807, 2.05) is 0 Å². The van der Waals surface area contributed by atoms with E-state index in [2.05, 4.69) is 20.3 Å². The number of methoxy groups -OCH3 is 1. The summed E-state index contributed by atoms with van der Waals surface area (Å²) in [4.78, 5) is 8.67. The molecule has 1 aliphatic carbocycles. The van der Waals surface area contributed by atoms with Crippen LogP contribution >= 0.6 is 0 Å². The number of rotatable bonds is 5. The van der Waals surface area contributed by atoms with Crippen molar-refractivity contribution in [3.05, 3.63) is 65.3 Å². The molecule has 1 saturated carbocycles. The Kier molecular flexibility index (Phi) is 4.24. The van der Waals surface area contributed by atoms with Crippen LogP contribution in [0, 0.1) is 18.6 Å². The number of halogens is 2. The second-order valence-corrected chi connectivity index (χ2v) is 7.30. The highest BCUT2D eigenvalue weighted by atomic mass is 19.1. The molecule has 0 spiro atoms. The number of benzene rings is 1. The van der Waals surface area contributed by atoms with Crippen molar-refractivity contribution in [2.75, 3.05) is 7.11 Å². The first-order valence-corrected chi connectivity index (χ1v) is 9.44. The van der Waals surface area contributed by atoms with Crippen molar-refractivity contribution in [2.24, 2.45) is 0 Å². The number of aromatic nitrogens is 6. The largest absolute Gasteiger partial charge is 0.494 e. The van der Waals surface area contributed by atoms with Gasteiger partial charge < -0.3 is 9.84 Å². The standard InChI is InChI=1S/C20H18F2N6O2/c1-10-17(25-26-28(10)15-5-14(22)16(30-2)6-13(15)21)20(29)19-18(11-3-4-11)24-8-12-7-23-9-27(12)19/h5-9,11,20,29H,3-4H2,1-2H3. The van der Waals surface area contributed by atoms with E-state index in [1.165, 1.54) is 7.11 Å². The van der Waals surface area contributed by atoms with Gasteiger partial charge in [-0.2, -0.15) is 0 Å². The average molecular weight is 412 g/mol. The summed E-state index contributed by atoms with van der Waals surface area (Å²) >= 11 is 0. The molecule has 1 fully saturated rings. The predicted molar refractivity (Wildman–Crippen MR) is 102 cm³/mol.